The number of anilines is 1. The molecule has 0 aliphatic heterocycles. The zero-order valence-electron chi connectivity index (χ0n) is 9.09. The lowest BCUT2D eigenvalue weighted by atomic mass is 10.2. The second kappa shape index (κ2) is 5.21. The fraction of sp³-hybridized carbons (Fsp3) is 0.455. The van der Waals surface area contributed by atoms with Gasteiger partial charge in [-0.15, -0.1) is 0 Å². The zero-order chi connectivity index (χ0) is 12.2. The molecule has 0 fully saturated rings. The van der Waals surface area contributed by atoms with Crippen LogP contribution in [-0.2, 0) is 6.54 Å². The first-order chi connectivity index (χ1) is 7.40. The first kappa shape index (κ1) is 12.8. The van der Waals surface area contributed by atoms with Crippen molar-refractivity contribution in [1.29, 1.82) is 0 Å². The Morgan fingerprint density at radius 2 is 2.00 bits per heavy atom. The standard InChI is InChI=1S/C11H15F3N2/c1-2-16(8-11(12,13)14)7-9-4-3-5-10(15)6-9/h3-6H,2,7-8,15H2,1H3. The number of hydrogen-bond acceptors (Lipinski definition) is 2. The van der Waals surface area contributed by atoms with Crippen LogP contribution in [0.2, 0.25) is 0 Å². The van der Waals surface area contributed by atoms with Gasteiger partial charge >= 0.3 is 6.18 Å². The molecule has 0 aliphatic rings. The molecule has 0 saturated heterocycles. The monoisotopic (exact) mass is 232 g/mol. The topological polar surface area (TPSA) is 29.3 Å². The molecule has 2 nitrogen and oxygen atoms in total. The minimum absolute atomic E-state index is 0.265. The lowest BCUT2D eigenvalue weighted by molar-refractivity contribution is -0.146. The second-order valence-corrected chi connectivity index (χ2v) is 3.66. The first-order valence-electron chi connectivity index (χ1n) is 5.04. The van der Waals surface area contributed by atoms with E-state index in [2.05, 4.69) is 0 Å². The summed E-state index contributed by atoms with van der Waals surface area (Å²) >= 11 is 0. The van der Waals surface area contributed by atoms with E-state index >= 15 is 0 Å². The van der Waals surface area contributed by atoms with Gasteiger partial charge in [0.2, 0.25) is 0 Å². The molecule has 0 amide bonds. The highest BCUT2D eigenvalue weighted by molar-refractivity contribution is 5.40. The van der Waals surface area contributed by atoms with E-state index in [0.717, 1.165) is 5.56 Å². The molecule has 0 atom stereocenters. The number of nitrogens with two attached hydrogens (primary N) is 1. The maximum Gasteiger partial charge on any atom is 0.401 e. The number of alkyl halides is 3. The van der Waals surface area contributed by atoms with Crippen LogP contribution in [0.4, 0.5) is 18.9 Å². The van der Waals surface area contributed by atoms with Gasteiger partial charge in [0.1, 0.15) is 0 Å². The molecule has 5 heteroatoms. The number of benzene rings is 1. The quantitative estimate of drug-likeness (QED) is 0.809. The zero-order valence-corrected chi connectivity index (χ0v) is 9.09. The SMILES string of the molecule is CCN(Cc1cccc(N)c1)CC(F)(F)F. The van der Waals surface area contributed by atoms with E-state index in [-0.39, 0.29) is 6.54 Å². The highest BCUT2D eigenvalue weighted by atomic mass is 19.4. The number of rotatable bonds is 4. The van der Waals surface area contributed by atoms with E-state index < -0.39 is 12.7 Å². The molecule has 0 saturated carbocycles. The average Bonchev–Trinajstić information content (AvgIpc) is 2.14. The summed E-state index contributed by atoms with van der Waals surface area (Å²) in [5.74, 6) is 0. The normalized spacial score (nSPS) is 12.1. The van der Waals surface area contributed by atoms with Crippen LogP contribution in [0.3, 0.4) is 0 Å². The Balaban J connectivity index is 2.63. The Bertz CT molecular complexity index is 336. The second-order valence-electron chi connectivity index (χ2n) is 3.66. The van der Waals surface area contributed by atoms with Crippen LogP contribution in [0.5, 0.6) is 0 Å². The van der Waals surface area contributed by atoms with E-state index in [9.17, 15) is 13.2 Å². The highest BCUT2D eigenvalue weighted by Crippen LogP contribution is 2.18. The lowest BCUT2D eigenvalue weighted by Gasteiger charge is -2.21. The summed E-state index contributed by atoms with van der Waals surface area (Å²) in [6, 6.07) is 6.92. The molecule has 1 aromatic rings. The van der Waals surface area contributed by atoms with Crippen LogP contribution < -0.4 is 5.73 Å². The summed E-state index contributed by atoms with van der Waals surface area (Å²) in [6.45, 7) is 1.44. The van der Waals surface area contributed by atoms with Gasteiger partial charge in [-0.05, 0) is 24.2 Å². The van der Waals surface area contributed by atoms with Crippen molar-refractivity contribution in [3.05, 3.63) is 29.8 Å². The molecular formula is C11H15F3N2. The molecule has 0 bridgehead atoms. The molecule has 0 spiro atoms. The number of halogens is 3. The Hall–Kier alpha value is -1.23. The molecule has 16 heavy (non-hydrogen) atoms. The fourth-order valence-electron chi connectivity index (χ4n) is 1.48. The molecule has 0 radical (unpaired) electrons. The van der Waals surface area contributed by atoms with E-state index in [0.29, 0.717) is 12.2 Å². The van der Waals surface area contributed by atoms with Crippen molar-refractivity contribution in [2.45, 2.75) is 19.6 Å². The lowest BCUT2D eigenvalue weighted by Crippen LogP contribution is -2.33. The molecule has 1 aromatic carbocycles. The first-order valence-corrected chi connectivity index (χ1v) is 5.04. The number of hydrogen-bond donors (Lipinski definition) is 1. The molecule has 0 aromatic heterocycles. The Morgan fingerprint density at radius 1 is 1.31 bits per heavy atom. The van der Waals surface area contributed by atoms with Gasteiger partial charge in [-0.3, -0.25) is 4.90 Å². The van der Waals surface area contributed by atoms with Gasteiger partial charge in [-0.1, -0.05) is 19.1 Å². The summed E-state index contributed by atoms with van der Waals surface area (Å²) in [5.41, 5.74) is 6.93. The molecular weight excluding hydrogens is 217 g/mol. The van der Waals surface area contributed by atoms with Crippen molar-refractivity contribution in [2.24, 2.45) is 0 Å². The van der Waals surface area contributed by atoms with Crippen LogP contribution in [0.15, 0.2) is 24.3 Å². The summed E-state index contributed by atoms with van der Waals surface area (Å²) in [7, 11) is 0. The summed E-state index contributed by atoms with van der Waals surface area (Å²) in [5, 5.41) is 0. The minimum atomic E-state index is -4.16. The van der Waals surface area contributed by atoms with Gasteiger partial charge in [-0.2, -0.15) is 13.2 Å². The maximum absolute atomic E-state index is 12.2. The Kier molecular flexibility index (Phi) is 4.18. The van der Waals surface area contributed by atoms with Gasteiger partial charge in [-0.25, -0.2) is 0 Å². The molecule has 0 heterocycles. The third kappa shape index (κ3) is 4.53. The summed E-state index contributed by atoms with van der Waals surface area (Å²) in [4.78, 5) is 1.33. The van der Waals surface area contributed by atoms with Crippen LogP contribution in [-0.4, -0.2) is 24.2 Å². The van der Waals surface area contributed by atoms with E-state index in [4.69, 9.17) is 5.73 Å². The van der Waals surface area contributed by atoms with Gasteiger partial charge in [0.25, 0.3) is 0 Å². The Labute approximate surface area is 92.9 Å². The van der Waals surface area contributed by atoms with Crippen molar-refractivity contribution in [3.63, 3.8) is 0 Å². The minimum Gasteiger partial charge on any atom is -0.399 e. The molecule has 0 aliphatic carbocycles. The smallest absolute Gasteiger partial charge is 0.399 e. The maximum atomic E-state index is 12.2. The third-order valence-corrected chi connectivity index (χ3v) is 2.21. The van der Waals surface area contributed by atoms with Gasteiger partial charge in [0, 0.05) is 12.2 Å². The largest absolute Gasteiger partial charge is 0.401 e. The van der Waals surface area contributed by atoms with Crippen LogP contribution >= 0.6 is 0 Å². The number of nitrogen functional groups attached to an aromatic ring is 1. The van der Waals surface area contributed by atoms with Crippen molar-refractivity contribution >= 4 is 5.69 Å². The Morgan fingerprint density at radius 3 is 2.50 bits per heavy atom. The van der Waals surface area contributed by atoms with Crippen molar-refractivity contribution in [1.82, 2.24) is 4.90 Å². The predicted octanol–water partition coefficient (Wildman–Crippen LogP) is 2.65. The summed E-state index contributed by atoms with van der Waals surface area (Å²) < 4.78 is 36.6. The molecule has 90 valence electrons. The molecule has 0 unspecified atom stereocenters. The van der Waals surface area contributed by atoms with Gasteiger partial charge in [0.15, 0.2) is 0 Å². The van der Waals surface area contributed by atoms with Crippen LogP contribution in [0.1, 0.15) is 12.5 Å². The van der Waals surface area contributed by atoms with Crippen molar-refractivity contribution in [2.75, 3.05) is 18.8 Å². The van der Waals surface area contributed by atoms with Crippen LogP contribution in [0.25, 0.3) is 0 Å². The number of nitrogens with zero attached hydrogens (tertiary/aromatic N) is 1. The predicted molar refractivity (Wildman–Crippen MR) is 57.9 cm³/mol. The van der Waals surface area contributed by atoms with Gasteiger partial charge in [0.05, 0.1) is 6.54 Å². The third-order valence-electron chi connectivity index (χ3n) is 2.21. The van der Waals surface area contributed by atoms with Crippen molar-refractivity contribution < 1.29 is 13.2 Å². The van der Waals surface area contributed by atoms with Crippen molar-refractivity contribution in [3.8, 4) is 0 Å². The molecule has 2 N–H and O–H groups in total. The molecule has 1 rings (SSSR count). The summed E-state index contributed by atoms with van der Waals surface area (Å²) in [6.07, 6.45) is -4.16. The van der Waals surface area contributed by atoms with E-state index in [1.165, 1.54) is 4.90 Å². The van der Waals surface area contributed by atoms with Crippen LogP contribution in [0, 0.1) is 0 Å². The highest BCUT2D eigenvalue weighted by Gasteiger charge is 2.29. The van der Waals surface area contributed by atoms with E-state index in [1.807, 2.05) is 0 Å². The van der Waals surface area contributed by atoms with E-state index in [1.54, 1.807) is 31.2 Å². The fourth-order valence-corrected chi connectivity index (χ4v) is 1.48. The van der Waals surface area contributed by atoms with Gasteiger partial charge < -0.3 is 5.73 Å². The average molecular weight is 232 g/mol.